The molecule has 0 aliphatic rings. The van der Waals surface area contributed by atoms with Crippen LogP contribution in [0, 0.1) is 11.7 Å². The lowest BCUT2D eigenvalue weighted by molar-refractivity contribution is -0.124. The van der Waals surface area contributed by atoms with Gasteiger partial charge < -0.3 is 11.1 Å². The summed E-state index contributed by atoms with van der Waals surface area (Å²) in [6.45, 7) is 2.43. The molecule has 2 aromatic carbocycles. The highest BCUT2D eigenvalue weighted by molar-refractivity contribution is 5.85. The first-order chi connectivity index (χ1) is 10.5. The molecule has 0 aromatic heterocycles. The van der Waals surface area contributed by atoms with Gasteiger partial charge in [0.05, 0.1) is 0 Å². The van der Waals surface area contributed by atoms with Gasteiger partial charge in [0, 0.05) is 18.2 Å². The fourth-order valence-corrected chi connectivity index (χ4v) is 2.30. The number of anilines is 1. The minimum absolute atomic E-state index is 0. The number of rotatable bonds is 6. The fourth-order valence-electron chi connectivity index (χ4n) is 2.30. The van der Waals surface area contributed by atoms with Crippen LogP contribution in [0.4, 0.5) is 10.1 Å². The normalized spacial score (nSPS) is 11.4. The Kier molecular flexibility index (Phi) is 7.55. The van der Waals surface area contributed by atoms with Gasteiger partial charge in [-0.1, -0.05) is 31.2 Å². The number of nitrogens with two attached hydrogens (primary N) is 1. The first-order valence-corrected chi connectivity index (χ1v) is 7.41. The van der Waals surface area contributed by atoms with Crippen LogP contribution >= 0.6 is 12.4 Å². The number of hydrogen-bond acceptors (Lipinski definition) is 2. The van der Waals surface area contributed by atoms with Gasteiger partial charge in [-0.3, -0.25) is 4.79 Å². The molecule has 3 N–H and O–H groups in total. The third-order valence-corrected chi connectivity index (χ3v) is 3.57. The van der Waals surface area contributed by atoms with Gasteiger partial charge in [0.1, 0.15) is 5.82 Å². The van der Waals surface area contributed by atoms with E-state index < -0.39 is 0 Å². The highest BCUT2D eigenvalue weighted by Gasteiger charge is 2.13. The van der Waals surface area contributed by atoms with Crippen molar-refractivity contribution >= 4 is 24.0 Å². The van der Waals surface area contributed by atoms with E-state index in [1.807, 2.05) is 37.3 Å². The molecule has 0 radical (unpaired) electrons. The zero-order valence-electron chi connectivity index (χ0n) is 13.1. The largest absolute Gasteiger partial charge is 0.399 e. The van der Waals surface area contributed by atoms with Crippen LogP contribution in [0.2, 0.25) is 0 Å². The van der Waals surface area contributed by atoms with Crippen molar-refractivity contribution < 1.29 is 9.18 Å². The highest BCUT2D eigenvalue weighted by Crippen LogP contribution is 2.11. The summed E-state index contributed by atoms with van der Waals surface area (Å²) in [6.07, 6.45) is 1.30. The lowest BCUT2D eigenvalue weighted by Gasteiger charge is -2.12. The number of halogens is 2. The molecule has 1 atom stereocenters. The van der Waals surface area contributed by atoms with Crippen molar-refractivity contribution in [3.63, 3.8) is 0 Å². The fraction of sp³-hybridized carbons (Fsp3) is 0.278. The maximum atomic E-state index is 13.1. The Morgan fingerprint density at radius 2 is 1.87 bits per heavy atom. The third kappa shape index (κ3) is 6.28. The van der Waals surface area contributed by atoms with Crippen LogP contribution in [0.25, 0.3) is 0 Å². The van der Waals surface area contributed by atoms with E-state index >= 15 is 0 Å². The van der Waals surface area contributed by atoms with Gasteiger partial charge in [0.25, 0.3) is 0 Å². The Bertz CT molecular complexity index is 631. The highest BCUT2D eigenvalue weighted by atomic mass is 35.5. The van der Waals surface area contributed by atoms with Crippen molar-refractivity contribution in [1.82, 2.24) is 5.32 Å². The van der Waals surface area contributed by atoms with Gasteiger partial charge in [-0.05, 0) is 48.2 Å². The summed E-state index contributed by atoms with van der Waals surface area (Å²) >= 11 is 0. The Balaban J connectivity index is 0.00000264. The number of nitrogen functional groups attached to an aromatic ring is 1. The molecule has 5 heteroatoms. The summed E-state index contributed by atoms with van der Waals surface area (Å²) in [5.74, 6) is -0.471. The van der Waals surface area contributed by atoms with Crippen LogP contribution in [0.1, 0.15) is 18.1 Å². The van der Waals surface area contributed by atoms with E-state index in [1.54, 1.807) is 6.07 Å². The number of benzene rings is 2. The molecule has 0 heterocycles. The lowest BCUT2D eigenvalue weighted by Crippen LogP contribution is -2.31. The molecular weight excluding hydrogens is 315 g/mol. The molecule has 0 saturated heterocycles. The molecule has 0 aliphatic heterocycles. The summed E-state index contributed by atoms with van der Waals surface area (Å²) < 4.78 is 13.1. The van der Waals surface area contributed by atoms with E-state index in [4.69, 9.17) is 5.73 Å². The minimum Gasteiger partial charge on any atom is -0.399 e. The van der Waals surface area contributed by atoms with Crippen LogP contribution in [0.3, 0.4) is 0 Å². The minimum atomic E-state index is -0.270. The number of carbonyl (C=O) groups is 1. The van der Waals surface area contributed by atoms with E-state index in [9.17, 15) is 9.18 Å². The number of carbonyl (C=O) groups excluding carboxylic acids is 1. The average molecular weight is 337 g/mol. The van der Waals surface area contributed by atoms with Crippen LogP contribution in [0.15, 0.2) is 48.5 Å². The molecular formula is C18H22ClFN2O. The molecule has 23 heavy (non-hydrogen) atoms. The standard InChI is InChI=1S/C18H21FN2O.ClH/c1-13(11-15-3-2-4-16(19)12-15)18(22)21-10-9-14-5-7-17(20)8-6-14;/h2-8,12-13H,9-11,20H2,1H3,(H,21,22);1H. The van der Waals surface area contributed by atoms with Gasteiger partial charge in [-0.15, -0.1) is 12.4 Å². The van der Waals surface area contributed by atoms with Crippen molar-refractivity contribution in [2.24, 2.45) is 5.92 Å². The van der Waals surface area contributed by atoms with Crippen molar-refractivity contribution in [2.45, 2.75) is 19.8 Å². The molecule has 1 unspecified atom stereocenters. The van der Waals surface area contributed by atoms with Crippen molar-refractivity contribution in [3.8, 4) is 0 Å². The Labute approximate surface area is 142 Å². The summed E-state index contributed by atoms with van der Waals surface area (Å²) in [5, 5.41) is 2.92. The molecule has 3 nitrogen and oxygen atoms in total. The molecule has 1 amide bonds. The number of hydrogen-bond donors (Lipinski definition) is 2. The predicted octanol–water partition coefficient (Wildman–Crippen LogP) is 3.37. The third-order valence-electron chi connectivity index (χ3n) is 3.57. The van der Waals surface area contributed by atoms with Gasteiger partial charge in [0.2, 0.25) is 5.91 Å². The van der Waals surface area contributed by atoms with Crippen molar-refractivity contribution in [3.05, 3.63) is 65.5 Å². The zero-order chi connectivity index (χ0) is 15.9. The van der Waals surface area contributed by atoms with Crippen molar-refractivity contribution in [1.29, 1.82) is 0 Å². The topological polar surface area (TPSA) is 55.1 Å². The molecule has 2 aromatic rings. The Morgan fingerprint density at radius 1 is 1.17 bits per heavy atom. The molecule has 0 fully saturated rings. The maximum absolute atomic E-state index is 13.1. The molecule has 0 saturated carbocycles. The Morgan fingerprint density at radius 3 is 2.52 bits per heavy atom. The smallest absolute Gasteiger partial charge is 0.223 e. The van der Waals surface area contributed by atoms with Gasteiger partial charge in [0.15, 0.2) is 0 Å². The zero-order valence-corrected chi connectivity index (χ0v) is 13.9. The summed E-state index contributed by atoms with van der Waals surface area (Å²) in [6, 6.07) is 14.0. The molecule has 0 spiro atoms. The summed E-state index contributed by atoms with van der Waals surface area (Å²) in [5.41, 5.74) is 8.33. The molecule has 124 valence electrons. The SMILES string of the molecule is CC(Cc1cccc(F)c1)C(=O)NCCc1ccc(N)cc1.Cl. The van der Waals surface area contributed by atoms with E-state index in [-0.39, 0.29) is 30.0 Å². The first kappa shape index (κ1) is 19.0. The first-order valence-electron chi connectivity index (χ1n) is 7.41. The Hall–Kier alpha value is -2.07. The summed E-state index contributed by atoms with van der Waals surface area (Å²) in [4.78, 5) is 12.1. The molecule has 2 rings (SSSR count). The van der Waals surface area contributed by atoms with Crippen LogP contribution in [-0.2, 0) is 17.6 Å². The average Bonchev–Trinajstić information content (AvgIpc) is 2.49. The van der Waals surface area contributed by atoms with Crippen LogP contribution < -0.4 is 11.1 Å². The van der Waals surface area contributed by atoms with Gasteiger partial charge in [-0.25, -0.2) is 4.39 Å². The van der Waals surface area contributed by atoms with Crippen LogP contribution in [0.5, 0.6) is 0 Å². The lowest BCUT2D eigenvalue weighted by atomic mass is 10.0. The summed E-state index contributed by atoms with van der Waals surface area (Å²) in [7, 11) is 0. The van der Waals surface area contributed by atoms with E-state index in [1.165, 1.54) is 12.1 Å². The number of amides is 1. The van der Waals surface area contributed by atoms with E-state index in [0.717, 1.165) is 23.2 Å². The van der Waals surface area contributed by atoms with E-state index in [2.05, 4.69) is 5.32 Å². The second-order valence-corrected chi connectivity index (χ2v) is 5.52. The molecule has 0 aliphatic carbocycles. The molecule has 0 bridgehead atoms. The van der Waals surface area contributed by atoms with Crippen molar-refractivity contribution in [2.75, 3.05) is 12.3 Å². The van der Waals surface area contributed by atoms with Gasteiger partial charge in [-0.2, -0.15) is 0 Å². The van der Waals surface area contributed by atoms with E-state index in [0.29, 0.717) is 13.0 Å². The number of nitrogens with one attached hydrogen (secondary N) is 1. The predicted molar refractivity (Wildman–Crippen MR) is 94.1 cm³/mol. The van der Waals surface area contributed by atoms with Gasteiger partial charge >= 0.3 is 0 Å². The quantitative estimate of drug-likeness (QED) is 0.795. The maximum Gasteiger partial charge on any atom is 0.223 e. The monoisotopic (exact) mass is 336 g/mol. The second kappa shape index (κ2) is 9.16. The second-order valence-electron chi connectivity index (χ2n) is 5.52. The van der Waals surface area contributed by atoms with Crippen LogP contribution in [-0.4, -0.2) is 12.5 Å².